The molecule has 0 aromatic heterocycles. The SMILES string of the molecule is C#CC(CC)NC(CC)c1ccc(Br)cc1. The van der Waals surface area contributed by atoms with Gasteiger partial charge in [0, 0.05) is 10.5 Å². The average Bonchev–Trinajstić information content (AvgIpc) is 2.32. The molecule has 0 aliphatic carbocycles. The Morgan fingerprint density at radius 2 is 1.88 bits per heavy atom. The van der Waals surface area contributed by atoms with Gasteiger partial charge in [-0.3, -0.25) is 5.32 Å². The fourth-order valence-electron chi connectivity index (χ4n) is 1.67. The van der Waals surface area contributed by atoms with E-state index in [-0.39, 0.29) is 6.04 Å². The summed E-state index contributed by atoms with van der Waals surface area (Å²) in [6.45, 7) is 4.27. The molecule has 0 heterocycles. The fraction of sp³-hybridized carbons (Fsp3) is 0.429. The summed E-state index contributed by atoms with van der Waals surface area (Å²) in [4.78, 5) is 0. The van der Waals surface area contributed by atoms with Crippen molar-refractivity contribution in [2.24, 2.45) is 0 Å². The van der Waals surface area contributed by atoms with Gasteiger partial charge >= 0.3 is 0 Å². The second kappa shape index (κ2) is 6.73. The lowest BCUT2D eigenvalue weighted by Gasteiger charge is -2.21. The van der Waals surface area contributed by atoms with Gasteiger partial charge in [-0.1, -0.05) is 47.8 Å². The van der Waals surface area contributed by atoms with Crippen LogP contribution in [-0.2, 0) is 0 Å². The molecule has 0 saturated heterocycles. The van der Waals surface area contributed by atoms with Crippen LogP contribution >= 0.6 is 15.9 Å². The van der Waals surface area contributed by atoms with Gasteiger partial charge in [0.25, 0.3) is 0 Å². The molecule has 1 nitrogen and oxygen atoms in total. The van der Waals surface area contributed by atoms with Gasteiger partial charge in [-0.25, -0.2) is 0 Å². The van der Waals surface area contributed by atoms with Crippen molar-refractivity contribution in [1.82, 2.24) is 5.32 Å². The Bertz CT molecular complexity index is 350. The molecular weight excluding hydrogens is 262 g/mol. The number of nitrogens with one attached hydrogen (secondary N) is 1. The summed E-state index contributed by atoms with van der Waals surface area (Å²) >= 11 is 3.44. The van der Waals surface area contributed by atoms with Crippen molar-refractivity contribution in [1.29, 1.82) is 0 Å². The molecule has 86 valence electrons. The summed E-state index contributed by atoms with van der Waals surface area (Å²) < 4.78 is 1.11. The van der Waals surface area contributed by atoms with E-state index < -0.39 is 0 Å². The number of rotatable bonds is 5. The van der Waals surface area contributed by atoms with E-state index in [0.717, 1.165) is 17.3 Å². The first-order chi connectivity index (χ1) is 7.71. The van der Waals surface area contributed by atoms with E-state index in [9.17, 15) is 0 Å². The Hall–Kier alpha value is -0.780. The maximum Gasteiger partial charge on any atom is 0.0689 e. The highest BCUT2D eigenvalue weighted by Gasteiger charge is 2.12. The highest BCUT2D eigenvalue weighted by molar-refractivity contribution is 9.10. The number of hydrogen-bond acceptors (Lipinski definition) is 1. The Kier molecular flexibility index (Phi) is 5.59. The molecule has 0 aliphatic heterocycles. The van der Waals surface area contributed by atoms with E-state index in [1.165, 1.54) is 5.56 Å². The van der Waals surface area contributed by atoms with Crippen molar-refractivity contribution >= 4 is 15.9 Å². The lowest BCUT2D eigenvalue weighted by Crippen LogP contribution is -2.30. The number of benzene rings is 1. The maximum absolute atomic E-state index is 5.47. The fourth-order valence-corrected chi connectivity index (χ4v) is 1.94. The van der Waals surface area contributed by atoms with Crippen molar-refractivity contribution in [2.75, 3.05) is 0 Å². The Morgan fingerprint density at radius 3 is 2.31 bits per heavy atom. The summed E-state index contributed by atoms with van der Waals surface area (Å²) in [5, 5.41) is 3.49. The van der Waals surface area contributed by atoms with Crippen LogP contribution in [0.5, 0.6) is 0 Å². The van der Waals surface area contributed by atoms with E-state index in [2.05, 4.69) is 65.3 Å². The monoisotopic (exact) mass is 279 g/mol. The summed E-state index contributed by atoms with van der Waals surface area (Å²) in [6.07, 6.45) is 7.47. The third kappa shape index (κ3) is 3.66. The maximum atomic E-state index is 5.47. The molecule has 0 saturated carbocycles. The van der Waals surface area contributed by atoms with Gasteiger partial charge < -0.3 is 0 Å². The van der Waals surface area contributed by atoms with Crippen LogP contribution in [0.1, 0.15) is 38.3 Å². The van der Waals surface area contributed by atoms with Crippen LogP contribution in [0, 0.1) is 12.3 Å². The van der Waals surface area contributed by atoms with E-state index >= 15 is 0 Å². The molecule has 1 N–H and O–H groups in total. The topological polar surface area (TPSA) is 12.0 Å². The van der Waals surface area contributed by atoms with Crippen LogP contribution in [-0.4, -0.2) is 6.04 Å². The number of terminal acetylenes is 1. The third-order valence-electron chi connectivity index (χ3n) is 2.69. The lowest BCUT2D eigenvalue weighted by molar-refractivity contribution is 0.472. The van der Waals surface area contributed by atoms with Crippen molar-refractivity contribution in [3.05, 3.63) is 34.3 Å². The van der Waals surface area contributed by atoms with Gasteiger partial charge in [0.2, 0.25) is 0 Å². The molecule has 0 aliphatic rings. The summed E-state index contributed by atoms with van der Waals surface area (Å²) in [5.74, 6) is 2.78. The Labute approximate surface area is 107 Å². The zero-order valence-corrected chi connectivity index (χ0v) is 11.4. The van der Waals surface area contributed by atoms with Crippen LogP contribution < -0.4 is 5.32 Å². The molecule has 0 amide bonds. The molecule has 1 aromatic carbocycles. The molecule has 16 heavy (non-hydrogen) atoms. The molecule has 2 atom stereocenters. The van der Waals surface area contributed by atoms with Gasteiger partial charge in [0.05, 0.1) is 6.04 Å². The van der Waals surface area contributed by atoms with Crippen LogP contribution in [0.15, 0.2) is 28.7 Å². The molecule has 0 fully saturated rings. The van der Waals surface area contributed by atoms with E-state index in [0.29, 0.717) is 6.04 Å². The average molecular weight is 280 g/mol. The van der Waals surface area contributed by atoms with E-state index in [1.54, 1.807) is 0 Å². The highest BCUT2D eigenvalue weighted by Crippen LogP contribution is 2.20. The van der Waals surface area contributed by atoms with Gasteiger partial charge in [0.15, 0.2) is 0 Å². The van der Waals surface area contributed by atoms with E-state index in [1.807, 2.05) is 0 Å². The van der Waals surface area contributed by atoms with Gasteiger partial charge in [-0.05, 0) is 30.5 Å². The summed E-state index contributed by atoms with van der Waals surface area (Å²) in [6, 6.07) is 8.90. The molecule has 0 spiro atoms. The molecule has 1 rings (SSSR count). The third-order valence-corrected chi connectivity index (χ3v) is 3.22. The molecule has 2 unspecified atom stereocenters. The summed E-state index contributed by atoms with van der Waals surface area (Å²) in [5.41, 5.74) is 1.29. The van der Waals surface area contributed by atoms with Crippen molar-refractivity contribution in [3.63, 3.8) is 0 Å². The second-order valence-electron chi connectivity index (χ2n) is 3.81. The van der Waals surface area contributed by atoms with Gasteiger partial charge in [0.1, 0.15) is 0 Å². The first-order valence-corrected chi connectivity index (χ1v) is 6.48. The molecule has 0 bridgehead atoms. The van der Waals surface area contributed by atoms with Crippen LogP contribution in [0.3, 0.4) is 0 Å². The normalized spacial score (nSPS) is 14.1. The second-order valence-corrected chi connectivity index (χ2v) is 4.72. The lowest BCUT2D eigenvalue weighted by atomic mass is 10.0. The van der Waals surface area contributed by atoms with Crippen LogP contribution in [0.25, 0.3) is 0 Å². The molecule has 0 radical (unpaired) electrons. The minimum absolute atomic E-state index is 0.161. The first kappa shape index (κ1) is 13.3. The number of halogens is 1. The van der Waals surface area contributed by atoms with Gasteiger partial charge in [-0.2, -0.15) is 0 Å². The van der Waals surface area contributed by atoms with Crippen LogP contribution in [0.4, 0.5) is 0 Å². The minimum atomic E-state index is 0.161. The summed E-state index contributed by atoms with van der Waals surface area (Å²) in [7, 11) is 0. The Morgan fingerprint density at radius 1 is 1.25 bits per heavy atom. The largest absolute Gasteiger partial charge is 0.297 e. The van der Waals surface area contributed by atoms with Crippen molar-refractivity contribution < 1.29 is 0 Å². The minimum Gasteiger partial charge on any atom is -0.297 e. The van der Waals surface area contributed by atoms with Crippen LogP contribution in [0.2, 0.25) is 0 Å². The predicted molar refractivity (Wildman–Crippen MR) is 73.2 cm³/mol. The standard InChI is InChI=1S/C14H18BrN/c1-4-13(5-2)16-14(6-3)11-7-9-12(15)10-8-11/h1,7-10,13-14,16H,5-6H2,2-3H3. The highest BCUT2D eigenvalue weighted by atomic mass is 79.9. The van der Waals surface area contributed by atoms with Crippen molar-refractivity contribution in [2.45, 2.75) is 38.8 Å². The Balaban J connectivity index is 2.75. The zero-order valence-electron chi connectivity index (χ0n) is 9.83. The first-order valence-electron chi connectivity index (χ1n) is 5.68. The quantitative estimate of drug-likeness (QED) is 0.806. The smallest absolute Gasteiger partial charge is 0.0689 e. The van der Waals surface area contributed by atoms with Crippen molar-refractivity contribution in [3.8, 4) is 12.3 Å². The zero-order chi connectivity index (χ0) is 12.0. The number of hydrogen-bond donors (Lipinski definition) is 1. The van der Waals surface area contributed by atoms with E-state index in [4.69, 9.17) is 6.42 Å². The molecular formula is C14H18BrN. The molecule has 2 heteroatoms. The predicted octanol–water partition coefficient (Wildman–Crippen LogP) is 3.90. The molecule has 1 aromatic rings. The van der Waals surface area contributed by atoms with Gasteiger partial charge in [-0.15, -0.1) is 6.42 Å².